The third kappa shape index (κ3) is 1.56. The van der Waals surface area contributed by atoms with Crippen LogP contribution in [-0.2, 0) is 0 Å². The maximum Gasteiger partial charge on any atom is 0.00295 e. The van der Waals surface area contributed by atoms with Crippen LogP contribution in [-0.4, -0.2) is 13.6 Å². The Hall–Kier alpha value is 0.0869. The minimum atomic E-state index is -0.126. The molecule has 1 saturated carbocycles. The van der Waals surface area contributed by atoms with Crippen molar-refractivity contribution in [2.24, 2.45) is 5.41 Å². The molecule has 0 aromatic carbocycles. The summed E-state index contributed by atoms with van der Waals surface area (Å²) >= 11 is 0. The Morgan fingerprint density at radius 2 is 1.83 bits per heavy atom. The first-order valence-corrected chi connectivity index (χ1v) is 7.83. The normalized spacial score (nSPS) is 21.5. The quantitative estimate of drug-likeness (QED) is 0.574. The fourth-order valence-electron chi connectivity index (χ4n) is 2.83. The molecule has 0 aliphatic heterocycles. The van der Waals surface area contributed by atoms with Crippen LogP contribution in [0.2, 0.25) is 13.1 Å². The second-order valence-corrected chi connectivity index (χ2v) is 6.92. The van der Waals surface area contributed by atoms with Gasteiger partial charge in [0.1, 0.15) is 0 Å². The van der Waals surface area contributed by atoms with Gasteiger partial charge in [0.05, 0.1) is 0 Å². The van der Waals surface area contributed by atoms with Crippen LogP contribution < -0.4 is 0 Å². The molecule has 0 heterocycles. The molecule has 0 amide bonds. The summed E-state index contributed by atoms with van der Waals surface area (Å²) in [4.78, 5) is 0. The molecule has 0 unspecified atom stereocenters. The average Bonchev–Trinajstić information content (AvgIpc) is 2.48. The van der Waals surface area contributed by atoms with E-state index in [1.54, 1.807) is 0 Å². The SMILES string of the molecule is CCC1(CC)CCCC1=[Si](C)C. The molecule has 0 spiro atoms. The lowest BCUT2D eigenvalue weighted by Gasteiger charge is -2.29. The topological polar surface area (TPSA) is 0 Å². The number of hydrogen-bond acceptors (Lipinski definition) is 0. The first kappa shape index (κ1) is 10.2. The molecule has 0 saturated heterocycles. The van der Waals surface area contributed by atoms with Crippen LogP contribution in [0.3, 0.4) is 0 Å². The Morgan fingerprint density at radius 1 is 1.25 bits per heavy atom. The molecule has 70 valence electrons. The summed E-state index contributed by atoms with van der Waals surface area (Å²) in [6.07, 6.45) is 7.16. The summed E-state index contributed by atoms with van der Waals surface area (Å²) in [5.41, 5.74) is 0.678. The lowest BCUT2D eigenvalue weighted by Crippen LogP contribution is -2.28. The van der Waals surface area contributed by atoms with E-state index in [1.165, 1.54) is 32.1 Å². The lowest BCUT2D eigenvalue weighted by molar-refractivity contribution is 0.386. The highest BCUT2D eigenvalue weighted by Crippen LogP contribution is 2.41. The maximum atomic E-state index is 2.46. The van der Waals surface area contributed by atoms with Gasteiger partial charge in [-0.3, -0.25) is 0 Å². The first-order chi connectivity index (χ1) is 5.66. The van der Waals surface area contributed by atoms with Gasteiger partial charge in [-0.2, -0.15) is 0 Å². The Morgan fingerprint density at radius 3 is 2.17 bits per heavy atom. The maximum absolute atomic E-state index is 2.46. The molecule has 0 bridgehead atoms. The van der Waals surface area contributed by atoms with Gasteiger partial charge in [-0.05, 0) is 37.5 Å². The van der Waals surface area contributed by atoms with E-state index >= 15 is 0 Å². The molecule has 1 heteroatoms. The van der Waals surface area contributed by atoms with Gasteiger partial charge in [0, 0.05) is 8.41 Å². The van der Waals surface area contributed by atoms with Crippen molar-refractivity contribution >= 4 is 13.6 Å². The van der Waals surface area contributed by atoms with E-state index in [0.29, 0.717) is 5.41 Å². The molecule has 0 N–H and O–H groups in total. The van der Waals surface area contributed by atoms with E-state index in [9.17, 15) is 0 Å². The van der Waals surface area contributed by atoms with Crippen molar-refractivity contribution in [1.29, 1.82) is 0 Å². The molecule has 12 heavy (non-hydrogen) atoms. The van der Waals surface area contributed by atoms with Crippen LogP contribution in [0.25, 0.3) is 0 Å². The van der Waals surface area contributed by atoms with E-state index in [2.05, 4.69) is 26.9 Å². The minimum absolute atomic E-state index is 0.126. The van der Waals surface area contributed by atoms with E-state index in [4.69, 9.17) is 0 Å². The lowest BCUT2D eigenvalue weighted by atomic mass is 9.81. The van der Waals surface area contributed by atoms with Crippen LogP contribution in [0.1, 0.15) is 46.0 Å². The van der Waals surface area contributed by atoms with Crippen molar-refractivity contribution < 1.29 is 0 Å². The van der Waals surface area contributed by atoms with Gasteiger partial charge < -0.3 is 0 Å². The zero-order valence-corrected chi connectivity index (χ0v) is 10.0. The van der Waals surface area contributed by atoms with E-state index in [1.807, 2.05) is 5.17 Å². The predicted octanol–water partition coefficient (Wildman–Crippen LogP) is 3.49. The summed E-state index contributed by atoms with van der Waals surface area (Å²) in [6.45, 7) is 9.68. The highest BCUT2D eigenvalue weighted by atomic mass is 28.2. The smallest absolute Gasteiger partial charge is 0.00295 e. The van der Waals surface area contributed by atoms with Gasteiger partial charge in [0.2, 0.25) is 0 Å². The van der Waals surface area contributed by atoms with Gasteiger partial charge in [0.25, 0.3) is 0 Å². The third-order valence-electron chi connectivity index (χ3n) is 3.68. The van der Waals surface area contributed by atoms with Crippen LogP contribution in [0.4, 0.5) is 0 Å². The van der Waals surface area contributed by atoms with Crippen molar-refractivity contribution in [2.45, 2.75) is 59.0 Å². The van der Waals surface area contributed by atoms with Crippen molar-refractivity contribution in [3.05, 3.63) is 0 Å². The first-order valence-electron chi connectivity index (χ1n) is 5.33. The Labute approximate surface area is 78.6 Å². The zero-order chi connectivity index (χ0) is 9.19. The Bertz CT molecular complexity index is 183. The molecule has 0 aromatic heterocycles. The molecule has 0 nitrogen and oxygen atoms in total. The second kappa shape index (κ2) is 3.86. The third-order valence-corrected chi connectivity index (χ3v) is 5.67. The van der Waals surface area contributed by atoms with E-state index in [0.717, 1.165) is 0 Å². The Kier molecular flexibility index (Phi) is 3.27. The average molecular weight is 182 g/mol. The summed E-state index contributed by atoms with van der Waals surface area (Å²) in [5.74, 6) is 0. The van der Waals surface area contributed by atoms with Crippen LogP contribution in [0.15, 0.2) is 0 Å². The van der Waals surface area contributed by atoms with Gasteiger partial charge in [-0.25, -0.2) is 0 Å². The fraction of sp³-hybridized carbons (Fsp3) is 0.909. The molecule has 0 radical (unpaired) electrons. The monoisotopic (exact) mass is 182 g/mol. The zero-order valence-electron chi connectivity index (χ0n) is 9.04. The number of rotatable bonds is 2. The largest absolute Gasteiger partial charge is 0.0838 e. The molecule has 0 aromatic rings. The van der Waals surface area contributed by atoms with Crippen molar-refractivity contribution in [2.75, 3.05) is 0 Å². The van der Waals surface area contributed by atoms with Gasteiger partial charge in [-0.1, -0.05) is 32.1 Å². The highest BCUT2D eigenvalue weighted by molar-refractivity contribution is 6.70. The van der Waals surface area contributed by atoms with Gasteiger partial charge in [0.15, 0.2) is 0 Å². The van der Waals surface area contributed by atoms with Crippen molar-refractivity contribution in [3.63, 3.8) is 0 Å². The Balaban J connectivity index is 2.95. The summed E-state index contributed by atoms with van der Waals surface area (Å²) in [7, 11) is -0.126. The van der Waals surface area contributed by atoms with Crippen molar-refractivity contribution in [3.8, 4) is 0 Å². The molecule has 1 rings (SSSR count). The van der Waals surface area contributed by atoms with Gasteiger partial charge >= 0.3 is 0 Å². The fourth-order valence-corrected chi connectivity index (χ4v) is 5.05. The van der Waals surface area contributed by atoms with Gasteiger partial charge in [-0.15, -0.1) is 0 Å². The van der Waals surface area contributed by atoms with Crippen LogP contribution in [0.5, 0.6) is 0 Å². The summed E-state index contributed by atoms with van der Waals surface area (Å²) in [5, 5.41) is 1.96. The van der Waals surface area contributed by atoms with Crippen LogP contribution >= 0.6 is 0 Å². The van der Waals surface area contributed by atoms with Crippen molar-refractivity contribution in [1.82, 2.24) is 0 Å². The minimum Gasteiger partial charge on any atom is -0.0838 e. The predicted molar refractivity (Wildman–Crippen MR) is 59.4 cm³/mol. The molecular formula is C11H22Si. The van der Waals surface area contributed by atoms with E-state index < -0.39 is 0 Å². The molecule has 0 atom stereocenters. The molecular weight excluding hydrogens is 160 g/mol. The summed E-state index contributed by atoms with van der Waals surface area (Å²) < 4.78 is 0. The standard InChI is InChI=1S/C11H22Si/c1-5-11(6-2)9-7-8-10(11)12(3)4/h5-9H2,1-4H3. The van der Waals surface area contributed by atoms with Crippen LogP contribution in [0, 0.1) is 5.41 Å². The summed E-state index contributed by atoms with van der Waals surface area (Å²) in [6, 6.07) is 0. The molecule has 1 aliphatic carbocycles. The molecule has 1 aliphatic rings. The highest BCUT2D eigenvalue weighted by Gasteiger charge is 2.34. The van der Waals surface area contributed by atoms with E-state index in [-0.39, 0.29) is 8.41 Å². The number of hydrogen-bond donors (Lipinski definition) is 0. The molecule has 1 fully saturated rings. The second-order valence-electron chi connectivity index (χ2n) is 4.32.